The van der Waals surface area contributed by atoms with Crippen LogP contribution < -0.4 is 5.32 Å². The average Bonchev–Trinajstić information content (AvgIpc) is 2.61. The lowest BCUT2D eigenvalue weighted by Gasteiger charge is -2.25. The summed E-state index contributed by atoms with van der Waals surface area (Å²) in [5.41, 5.74) is 2.50. The molecular formula is C21H22Cl2N2O2. The lowest BCUT2D eigenvalue weighted by Crippen LogP contribution is -2.35. The number of anilines is 1. The van der Waals surface area contributed by atoms with Gasteiger partial charge < -0.3 is 10.2 Å². The Balaban J connectivity index is 2.08. The van der Waals surface area contributed by atoms with E-state index < -0.39 is 0 Å². The summed E-state index contributed by atoms with van der Waals surface area (Å²) in [6.07, 6.45) is 3.30. The largest absolute Gasteiger partial charge is 0.332 e. The van der Waals surface area contributed by atoms with Crippen molar-refractivity contribution in [3.8, 4) is 0 Å². The zero-order valence-electron chi connectivity index (χ0n) is 15.5. The normalized spacial score (nSPS) is 11.0. The van der Waals surface area contributed by atoms with Crippen LogP contribution in [0.3, 0.4) is 0 Å². The monoisotopic (exact) mass is 404 g/mol. The van der Waals surface area contributed by atoms with E-state index in [0.717, 1.165) is 16.8 Å². The molecule has 2 aromatic rings. The Morgan fingerprint density at radius 3 is 2.30 bits per heavy atom. The molecule has 0 saturated heterocycles. The maximum atomic E-state index is 12.6. The number of halogens is 2. The molecule has 0 bridgehead atoms. The van der Waals surface area contributed by atoms with Crippen molar-refractivity contribution in [3.63, 3.8) is 0 Å². The third-order valence-electron chi connectivity index (χ3n) is 3.89. The first-order valence-corrected chi connectivity index (χ1v) is 9.32. The van der Waals surface area contributed by atoms with E-state index in [4.69, 9.17) is 23.2 Å². The van der Waals surface area contributed by atoms with Crippen LogP contribution in [0.5, 0.6) is 0 Å². The van der Waals surface area contributed by atoms with Crippen LogP contribution in [0.2, 0.25) is 10.0 Å². The van der Waals surface area contributed by atoms with Crippen molar-refractivity contribution in [2.75, 3.05) is 5.32 Å². The number of hydrogen-bond donors (Lipinski definition) is 1. The van der Waals surface area contributed by atoms with Gasteiger partial charge in [0, 0.05) is 31.3 Å². The molecule has 0 heterocycles. The van der Waals surface area contributed by atoms with Gasteiger partial charge in [-0.15, -0.1) is 0 Å². The highest BCUT2D eigenvalue weighted by atomic mass is 35.5. The summed E-state index contributed by atoms with van der Waals surface area (Å²) < 4.78 is 0. The maximum absolute atomic E-state index is 12.6. The molecule has 0 atom stereocenters. The number of benzene rings is 2. The summed E-state index contributed by atoms with van der Waals surface area (Å²) >= 11 is 12.0. The van der Waals surface area contributed by atoms with Crippen molar-refractivity contribution < 1.29 is 9.59 Å². The molecule has 0 radical (unpaired) electrons. The molecule has 1 N–H and O–H groups in total. The molecule has 2 aromatic carbocycles. The molecule has 2 rings (SSSR count). The predicted molar refractivity (Wildman–Crippen MR) is 112 cm³/mol. The van der Waals surface area contributed by atoms with E-state index in [-0.39, 0.29) is 17.9 Å². The smallest absolute Gasteiger partial charge is 0.247 e. The quantitative estimate of drug-likeness (QED) is 0.654. The van der Waals surface area contributed by atoms with E-state index in [1.54, 1.807) is 41.3 Å². The fourth-order valence-corrected chi connectivity index (χ4v) is 2.81. The van der Waals surface area contributed by atoms with Crippen molar-refractivity contribution in [1.29, 1.82) is 0 Å². The topological polar surface area (TPSA) is 49.4 Å². The zero-order chi connectivity index (χ0) is 20.0. The Labute approximate surface area is 169 Å². The van der Waals surface area contributed by atoms with E-state index in [1.165, 1.54) is 6.92 Å². The zero-order valence-corrected chi connectivity index (χ0v) is 17.0. The summed E-state index contributed by atoms with van der Waals surface area (Å²) in [5.74, 6) is -0.217. The van der Waals surface area contributed by atoms with Gasteiger partial charge in [0.2, 0.25) is 11.8 Å². The second kappa shape index (κ2) is 9.58. The number of rotatable bonds is 6. The van der Waals surface area contributed by atoms with Gasteiger partial charge in [-0.2, -0.15) is 0 Å². The predicted octanol–water partition coefficient (Wildman–Crippen LogP) is 5.40. The lowest BCUT2D eigenvalue weighted by molar-refractivity contribution is -0.128. The minimum atomic E-state index is -0.122. The van der Waals surface area contributed by atoms with Gasteiger partial charge in [-0.25, -0.2) is 0 Å². The summed E-state index contributed by atoms with van der Waals surface area (Å²) in [4.78, 5) is 25.5. The third kappa shape index (κ3) is 6.42. The number of amides is 2. The first kappa shape index (κ1) is 21.0. The fourth-order valence-electron chi connectivity index (χ4n) is 2.49. The SMILES string of the molecule is CC(=O)Nc1ccc(C=CC(=O)N(Cc2ccc(Cl)c(Cl)c2)C(C)C)cc1. The van der Waals surface area contributed by atoms with Gasteiger partial charge in [0.05, 0.1) is 10.0 Å². The van der Waals surface area contributed by atoms with Gasteiger partial charge in [-0.05, 0) is 55.3 Å². The van der Waals surface area contributed by atoms with E-state index in [1.807, 2.05) is 32.0 Å². The second-order valence-electron chi connectivity index (χ2n) is 6.44. The van der Waals surface area contributed by atoms with E-state index in [9.17, 15) is 9.59 Å². The van der Waals surface area contributed by atoms with E-state index in [2.05, 4.69) is 5.32 Å². The van der Waals surface area contributed by atoms with Crippen LogP contribution in [0.15, 0.2) is 48.5 Å². The van der Waals surface area contributed by atoms with E-state index >= 15 is 0 Å². The van der Waals surface area contributed by atoms with Crippen LogP contribution in [0, 0.1) is 0 Å². The van der Waals surface area contributed by atoms with Crippen LogP contribution in [-0.2, 0) is 16.1 Å². The molecule has 4 nitrogen and oxygen atoms in total. The van der Waals surface area contributed by atoms with Crippen LogP contribution >= 0.6 is 23.2 Å². The molecular weight excluding hydrogens is 383 g/mol. The van der Waals surface area contributed by atoms with Crippen LogP contribution in [0.1, 0.15) is 31.9 Å². The Bertz CT molecular complexity index is 846. The Hall–Kier alpha value is -2.30. The fraction of sp³-hybridized carbons (Fsp3) is 0.238. The van der Waals surface area contributed by atoms with Crippen LogP contribution in [-0.4, -0.2) is 22.8 Å². The average molecular weight is 405 g/mol. The lowest BCUT2D eigenvalue weighted by atomic mass is 10.1. The Morgan fingerprint density at radius 1 is 1.07 bits per heavy atom. The number of carbonyl (C=O) groups is 2. The number of nitrogens with one attached hydrogen (secondary N) is 1. The molecule has 6 heteroatoms. The van der Waals surface area contributed by atoms with E-state index in [0.29, 0.717) is 16.6 Å². The summed E-state index contributed by atoms with van der Waals surface area (Å²) in [6, 6.07) is 12.7. The van der Waals surface area contributed by atoms with Crippen LogP contribution in [0.25, 0.3) is 6.08 Å². The molecule has 0 saturated carbocycles. The molecule has 0 spiro atoms. The molecule has 27 heavy (non-hydrogen) atoms. The molecule has 2 amide bonds. The molecule has 142 valence electrons. The van der Waals surface area contributed by atoms with Gasteiger partial charge in [0.15, 0.2) is 0 Å². The summed E-state index contributed by atoms with van der Waals surface area (Å²) in [5, 5.41) is 3.67. The Kier molecular flexibility index (Phi) is 7.45. The minimum Gasteiger partial charge on any atom is -0.332 e. The third-order valence-corrected chi connectivity index (χ3v) is 4.63. The van der Waals surface area contributed by atoms with Gasteiger partial charge in [-0.1, -0.05) is 41.4 Å². The highest BCUT2D eigenvalue weighted by Crippen LogP contribution is 2.23. The molecule has 0 aromatic heterocycles. The molecule has 0 aliphatic carbocycles. The van der Waals surface area contributed by atoms with Gasteiger partial charge in [0.1, 0.15) is 0 Å². The van der Waals surface area contributed by atoms with Crippen molar-refractivity contribution >= 4 is 46.8 Å². The number of carbonyl (C=O) groups excluding carboxylic acids is 2. The standard InChI is InChI=1S/C21H22Cl2N2O2/c1-14(2)25(13-17-6-10-19(22)20(23)12-17)21(27)11-7-16-4-8-18(9-5-16)24-15(3)26/h4-12,14H,13H2,1-3H3,(H,24,26). The summed E-state index contributed by atoms with van der Waals surface area (Å²) in [6.45, 7) is 5.83. The van der Waals surface area contributed by atoms with Gasteiger partial charge >= 0.3 is 0 Å². The first-order valence-electron chi connectivity index (χ1n) is 8.56. The maximum Gasteiger partial charge on any atom is 0.247 e. The van der Waals surface area contributed by atoms with Crippen molar-refractivity contribution in [3.05, 3.63) is 69.7 Å². The summed E-state index contributed by atoms with van der Waals surface area (Å²) in [7, 11) is 0. The highest BCUT2D eigenvalue weighted by molar-refractivity contribution is 6.42. The molecule has 0 fully saturated rings. The minimum absolute atomic E-state index is 0.0266. The highest BCUT2D eigenvalue weighted by Gasteiger charge is 2.15. The molecule has 0 unspecified atom stereocenters. The molecule has 0 aliphatic rings. The Morgan fingerprint density at radius 2 is 1.74 bits per heavy atom. The van der Waals surface area contributed by atoms with Crippen LogP contribution in [0.4, 0.5) is 5.69 Å². The van der Waals surface area contributed by atoms with Gasteiger partial charge in [-0.3, -0.25) is 9.59 Å². The first-order chi connectivity index (χ1) is 12.8. The number of hydrogen-bond acceptors (Lipinski definition) is 2. The second-order valence-corrected chi connectivity index (χ2v) is 7.26. The van der Waals surface area contributed by atoms with Crippen molar-refractivity contribution in [1.82, 2.24) is 4.90 Å². The van der Waals surface area contributed by atoms with Crippen molar-refractivity contribution in [2.45, 2.75) is 33.4 Å². The molecule has 0 aliphatic heterocycles. The van der Waals surface area contributed by atoms with Gasteiger partial charge in [0.25, 0.3) is 0 Å². The van der Waals surface area contributed by atoms with Crippen molar-refractivity contribution in [2.24, 2.45) is 0 Å². The number of nitrogens with zero attached hydrogens (tertiary/aromatic N) is 1.